The van der Waals surface area contributed by atoms with E-state index in [-0.39, 0.29) is 0 Å². The lowest BCUT2D eigenvalue weighted by atomic mass is 9.90. The van der Waals surface area contributed by atoms with E-state index < -0.39 is 0 Å². The van der Waals surface area contributed by atoms with Gasteiger partial charge in [-0.25, -0.2) is 0 Å². The van der Waals surface area contributed by atoms with Gasteiger partial charge < -0.3 is 0 Å². The molecule has 2 heteroatoms. The first kappa shape index (κ1) is 10.1. The molecule has 0 fully saturated rings. The molecule has 0 saturated heterocycles. The molecule has 0 atom stereocenters. The second-order valence-corrected chi connectivity index (χ2v) is 4.21. The van der Waals surface area contributed by atoms with E-state index in [1.165, 1.54) is 11.1 Å². The first-order chi connectivity index (χ1) is 7.22. The number of fused-ring (bicyclic) bond motifs is 1. The lowest BCUT2D eigenvalue weighted by Crippen LogP contribution is -2.18. The minimum atomic E-state index is 0.422. The molecule has 78 valence electrons. The van der Waals surface area contributed by atoms with Crippen LogP contribution in [0.1, 0.15) is 35.3 Å². The highest BCUT2D eigenvalue weighted by atomic mass is 16.1. The molecule has 0 N–H and O–H groups in total. The van der Waals surface area contributed by atoms with Crippen LogP contribution >= 0.6 is 0 Å². The quantitative estimate of drug-likeness (QED) is 0.676. The Balaban J connectivity index is 2.52. The Morgan fingerprint density at radius 3 is 2.87 bits per heavy atom. The smallest absolute Gasteiger partial charge is 0.150 e. The highest BCUT2D eigenvalue weighted by molar-refractivity contribution is 6.04. The van der Waals surface area contributed by atoms with Crippen LogP contribution in [0.15, 0.2) is 23.2 Å². The lowest BCUT2D eigenvalue weighted by molar-refractivity contribution is 0.112. The van der Waals surface area contributed by atoms with Crippen LogP contribution in [0.4, 0.5) is 0 Å². The molecule has 2 rings (SSSR count). The summed E-state index contributed by atoms with van der Waals surface area (Å²) in [6, 6.07) is 5.89. The zero-order valence-corrected chi connectivity index (χ0v) is 9.16. The molecule has 0 aliphatic carbocycles. The number of benzene rings is 1. The van der Waals surface area contributed by atoms with E-state index in [0.29, 0.717) is 5.92 Å². The highest BCUT2D eigenvalue weighted by Crippen LogP contribution is 2.21. The van der Waals surface area contributed by atoms with Gasteiger partial charge in [-0.05, 0) is 29.5 Å². The third kappa shape index (κ3) is 1.84. The summed E-state index contributed by atoms with van der Waals surface area (Å²) in [6.07, 6.45) is 1.89. The van der Waals surface area contributed by atoms with Crippen molar-refractivity contribution in [2.24, 2.45) is 10.9 Å². The standard InChI is InChI=1S/C13H15NO/c1-9(2)13-12-7-10(8-15)3-4-11(12)5-6-14-13/h3-4,7-9H,5-6H2,1-2H3. The molecule has 0 radical (unpaired) electrons. The molecular formula is C13H15NO. The Morgan fingerprint density at radius 2 is 2.20 bits per heavy atom. The van der Waals surface area contributed by atoms with Crippen LogP contribution in [0, 0.1) is 5.92 Å². The molecule has 1 aliphatic heterocycles. The van der Waals surface area contributed by atoms with E-state index in [2.05, 4.69) is 24.9 Å². The van der Waals surface area contributed by atoms with Gasteiger partial charge in [-0.2, -0.15) is 0 Å². The van der Waals surface area contributed by atoms with Gasteiger partial charge in [0, 0.05) is 17.8 Å². The summed E-state index contributed by atoms with van der Waals surface area (Å²) in [5.74, 6) is 0.422. The number of carbonyl (C=O) groups is 1. The van der Waals surface area contributed by atoms with Crippen molar-refractivity contribution in [1.82, 2.24) is 0 Å². The number of rotatable bonds is 2. The number of aliphatic imine (C=N–C) groups is 1. The van der Waals surface area contributed by atoms with Crippen molar-refractivity contribution in [2.75, 3.05) is 6.54 Å². The van der Waals surface area contributed by atoms with Crippen LogP contribution in [0.2, 0.25) is 0 Å². The van der Waals surface area contributed by atoms with Gasteiger partial charge in [0.1, 0.15) is 6.29 Å². The van der Waals surface area contributed by atoms with Crippen LogP contribution in [0.25, 0.3) is 0 Å². The Hall–Kier alpha value is -1.44. The lowest BCUT2D eigenvalue weighted by Gasteiger charge is -2.19. The van der Waals surface area contributed by atoms with E-state index in [9.17, 15) is 4.79 Å². The Kier molecular flexibility index (Phi) is 2.67. The highest BCUT2D eigenvalue weighted by Gasteiger charge is 2.16. The van der Waals surface area contributed by atoms with Gasteiger partial charge in [0.15, 0.2) is 0 Å². The monoisotopic (exact) mass is 201 g/mol. The maximum Gasteiger partial charge on any atom is 0.150 e. The van der Waals surface area contributed by atoms with Crippen molar-refractivity contribution in [1.29, 1.82) is 0 Å². The van der Waals surface area contributed by atoms with E-state index in [4.69, 9.17) is 0 Å². The molecule has 15 heavy (non-hydrogen) atoms. The van der Waals surface area contributed by atoms with Gasteiger partial charge in [-0.1, -0.05) is 26.0 Å². The fourth-order valence-electron chi connectivity index (χ4n) is 2.00. The van der Waals surface area contributed by atoms with E-state index in [1.54, 1.807) is 0 Å². The first-order valence-electron chi connectivity index (χ1n) is 5.35. The van der Waals surface area contributed by atoms with Crippen LogP contribution in [0.5, 0.6) is 0 Å². The topological polar surface area (TPSA) is 29.4 Å². The predicted molar refractivity (Wildman–Crippen MR) is 61.8 cm³/mol. The zero-order chi connectivity index (χ0) is 10.8. The maximum absolute atomic E-state index is 10.7. The van der Waals surface area contributed by atoms with Crippen LogP contribution < -0.4 is 0 Å². The fraction of sp³-hybridized carbons (Fsp3) is 0.385. The molecule has 0 spiro atoms. The fourth-order valence-corrected chi connectivity index (χ4v) is 2.00. The molecule has 0 aromatic heterocycles. The normalized spacial score (nSPS) is 14.7. The average Bonchev–Trinajstić information content (AvgIpc) is 2.27. The maximum atomic E-state index is 10.7. The van der Waals surface area contributed by atoms with Crippen molar-refractivity contribution < 1.29 is 4.79 Å². The molecule has 2 nitrogen and oxygen atoms in total. The zero-order valence-electron chi connectivity index (χ0n) is 9.16. The van der Waals surface area contributed by atoms with Gasteiger partial charge in [0.05, 0.1) is 0 Å². The minimum Gasteiger partial charge on any atom is -0.298 e. The van der Waals surface area contributed by atoms with Gasteiger partial charge in [0.25, 0.3) is 0 Å². The number of hydrogen-bond donors (Lipinski definition) is 0. The number of carbonyl (C=O) groups excluding carboxylic acids is 1. The van der Waals surface area contributed by atoms with Gasteiger partial charge in [-0.15, -0.1) is 0 Å². The summed E-state index contributed by atoms with van der Waals surface area (Å²) in [6.45, 7) is 5.16. The number of hydrogen-bond acceptors (Lipinski definition) is 2. The molecule has 1 aromatic carbocycles. The van der Waals surface area contributed by atoms with Crippen LogP contribution in [0.3, 0.4) is 0 Å². The van der Waals surface area contributed by atoms with E-state index >= 15 is 0 Å². The second kappa shape index (κ2) is 3.97. The SMILES string of the molecule is CC(C)C1=NCCc2ccc(C=O)cc21. The summed E-state index contributed by atoms with van der Waals surface area (Å²) in [4.78, 5) is 15.3. The van der Waals surface area contributed by atoms with E-state index in [0.717, 1.165) is 30.5 Å². The van der Waals surface area contributed by atoms with Crippen molar-refractivity contribution in [3.8, 4) is 0 Å². The third-order valence-electron chi connectivity index (χ3n) is 2.76. The van der Waals surface area contributed by atoms with Crippen molar-refractivity contribution in [3.63, 3.8) is 0 Å². The van der Waals surface area contributed by atoms with Crippen molar-refractivity contribution in [3.05, 3.63) is 34.9 Å². The average molecular weight is 201 g/mol. The molecule has 1 aromatic rings. The third-order valence-corrected chi connectivity index (χ3v) is 2.76. The molecular weight excluding hydrogens is 186 g/mol. The first-order valence-corrected chi connectivity index (χ1v) is 5.35. The molecule has 0 saturated carbocycles. The molecule has 1 heterocycles. The van der Waals surface area contributed by atoms with Gasteiger partial charge >= 0.3 is 0 Å². The summed E-state index contributed by atoms with van der Waals surface area (Å²) >= 11 is 0. The molecule has 0 unspecified atom stereocenters. The second-order valence-electron chi connectivity index (χ2n) is 4.21. The van der Waals surface area contributed by atoms with Crippen LogP contribution in [-0.2, 0) is 6.42 Å². The molecule has 1 aliphatic rings. The van der Waals surface area contributed by atoms with Crippen molar-refractivity contribution >= 4 is 12.0 Å². The largest absolute Gasteiger partial charge is 0.298 e. The summed E-state index contributed by atoms with van der Waals surface area (Å²) in [7, 11) is 0. The summed E-state index contributed by atoms with van der Waals surface area (Å²) in [5.41, 5.74) is 4.36. The van der Waals surface area contributed by atoms with Crippen molar-refractivity contribution in [2.45, 2.75) is 20.3 Å². The Bertz CT molecular complexity index is 419. The summed E-state index contributed by atoms with van der Waals surface area (Å²) < 4.78 is 0. The molecule has 0 bridgehead atoms. The summed E-state index contributed by atoms with van der Waals surface area (Å²) in [5, 5.41) is 0. The Morgan fingerprint density at radius 1 is 1.40 bits per heavy atom. The van der Waals surface area contributed by atoms with E-state index in [1.807, 2.05) is 12.1 Å². The predicted octanol–water partition coefficient (Wildman–Crippen LogP) is 2.50. The van der Waals surface area contributed by atoms with Gasteiger partial charge in [0.2, 0.25) is 0 Å². The molecule has 0 amide bonds. The number of aldehydes is 1. The number of nitrogens with zero attached hydrogens (tertiary/aromatic N) is 1. The van der Waals surface area contributed by atoms with Crippen LogP contribution in [-0.4, -0.2) is 18.5 Å². The minimum absolute atomic E-state index is 0.422. The Labute approximate surface area is 90.0 Å². The van der Waals surface area contributed by atoms with Gasteiger partial charge in [-0.3, -0.25) is 9.79 Å².